The van der Waals surface area contributed by atoms with E-state index in [2.05, 4.69) is 21.9 Å². The van der Waals surface area contributed by atoms with Gasteiger partial charge >= 0.3 is 8.69 Å². The molecular formula is C6H17N4O2P. The van der Waals surface area contributed by atoms with Crippen molar-refractivity contribution in [1.29, 1.82) is 0 Å². The quantitative estimate of drug-likeness (QED) is 0.356. The summed E-state index contributed by atoms with van der Waals surface area (Å²) >= 11 is 0. The van der Waals surface area contributed by atoms with Crippen molar-refractivity contribution in [2.24, 2.45) is 0 Å². The lowest BCUT2D eigenvalue weighted by molar-refractivity contribution is 0.349. The number of hydrogen-bond acceptors (Lipinski definition) is 5. The molecule has 6 nitrogen and oxygen atoms in total. The largest absolute Gasteiger partial charge is 0.324 e. The maximum Gasteiger partial charge on any atom is 0.324 e. The summed E-state index contributed by atoms with van der Waals surface area (Å²) in [5, 5.41) is 0. The van der Waals surface area contributed by atoms with E-state index in [4.69, 9.17) is 9.46 Å². The third kappa shape index (κ3) is 11.9. The van der Waals surface area contributed by atoms with Crippen LogP contribution in [0.3, 0.4) is 0 Å². The van der Waals surface area contributed by atoms with E-state index < -0.39 is 8.69 Å². The summed E-state index contributed by atoms with van der Waals surface area (Å²) in [5.74, 6) is 0. The fraction of sp³-hybridized carbons (Fsp3) is 1.00. The molecule has 0 aromatic rings. The van der Waals surface area contributed by atoms with Gasteiger partial charge in [0.1, 0.15) is 0 Å². The molecule has 1 fully saturated rings. The third-order valence-electron chi connectivity index (χ3n) is 1.59. The Labute approximate surface area is 79.7 Å². The highest BCUT2D eigenvalue weighted by atomic mass is 31.1. The number of hydrogen-bond donors (Lipinski definition) is 5. The topological polar surface area (TPSA) is 85.4 Å². The minimum atomic E-state index is -0.833. The normalized spacial score (nSPS) is 20.1. The van der Waals surface area contributed by atoms with Crippen LogP contribution in [0.4, 0.5) is 0 Å². The van der Waals surface area contributed by atoms with Crippen molar-refractivity contribution in [3.05, 3.63) is 0 Å². The van der Waals surface area contributed by atoms with Crippen molar-refractivity contribution in [3.8, 4) is 0 Å². The van der Waals surface area contributed by atoms with Crippen molar-refractivity contribution < 1.29 is 9.46 Å². The first-order valence-corrected chi connectivity index (χ1v) is 5.10. The average molecular weight is 208 g/mol. The average Bonchev–Trinajstić information content (AvgIpc) is 2.16. The van der Waals surface area contributed by atoms with Crippen molar-refractivity contribution in [3.63, 3.8) is 0 Å². The molecule has 1 aliphatic rings. The molecule has 78 valence electrons. The Morgan fingerprint density at radius 1 is 0.923 bits per heavy atom. The molecule has 5 N–H and O–H groups in total. The van der Waals surface area contributed by atoms with E-state index in [-0.39, 0.29) is 0 Å². The SMILES string of the molecule is C1CCCNNNNCC1.O=PO. The molecule has 0 spiro atoms. The van der Waals surface area contributed by atoms with Crippen LogP contribution in [-0.2, 0) is 4.57 Å². The van der Waals surface area contributed by atoms with Crippen LogP contribution in [0, 0.1) is 0 Å². The van der Waals surface area contributed by atoms with Crippen molar-refractivity contribution in [2.75, 3.05) is 13.1 Å². The molecule has 0 aliphatic carbocycles. The molecule has 1 saturated heterocycles. The molecule has 13 heavy (non-hydrogen) atoms. The standard InChI is InChI=1S/C6H16N4.HO2P/c1-2-4-6-8-10-9-7-5-3-1;1-3-2/h7-10H,1-6H2;(H,1,2). The predicted molar refractivity (Wildman–Crippen MR) is 50.6 cm³/mol. The molecule has 0 bridgehead atoms. The molecular weight excluding hydrogens is 191 g/mol. The van der Waals surface area contributed by atoms with E-state index in [1.54, 1.807) is 0 Å². The Kier molecular flexibility index (Phi) is 11.8. The van der Waals surface area contributed by atoms with Gasteiger partial charge in [-0.25, -0.2) is 15.4 Å². The van der Waals surface area contributed by atoms with Gasteiger partial charge in [0.2, 0.25) is 0 Å². The van der Waals surface area contributed by atoms with Gasteiger partial charge in [-0.05, 0) is 12.8 Å². The van der Waals surface area contributed by atoms with Crippen LogP contribution in [0.5, 0.6) is 0 Å². The molecule has 0 unspecified atom stereocenters. The number of hydrazine groups is 3. The van der Waals surface area contributed by atoms with E-state index >= 15 is 0 Å². The maximum atomic E-state index is 8.46. The maximum absolute atomic E-state index is 8.46. The zero-order chi connectivity index (χ0) is 9.78. The van der Waals surface area contributed by atoms with Gasteiger partial charge in [0, 0.05) is 13.1 Å². The summed E-state index contributed by atoms with van der Waals surface area (Å²) < 4.78 is 8.46. The van der Waals surface area contributed by atoms with Crippen LogP contribution < -0.4 is 21.9 Å². The van der Waals surface area contributed by atoms with Gasteiger partial charge in [0.05, 0.1) is 0 Å². The molecule has 0 atom stereocenters. The smallest absolute Gasteiger partial charge is 0.310 e. The first kappa shape index (κ1) is 12.9. The van der Waals surface area contributed by atoms with Crippen LogP contribution in [0.1, 0.15) is 25.7 Å². The van der Waals surface area contributed by atoms with Crippen LogP contribution in [0.2, 0.25) is 0 Å². The lowest BCUT2D eigenvalue weighted by Crippen LogP contribution is -2.51. The fourth-order valence-electron chi connectivity index (χ4n) is 0.994. The summed E-state index contributed by atoms with van der Waals surface area (Å²) in [7, 11) is -0.833. The second-order valence-electron chi connectivity index (χ2n) is 2.60. The first-order valence-electron chi connectivity index (χ1n) is 4.34. The highest BCUT2D eigenvalue weighted by Crippen LogP contribution is 1.97. The molecule has 0 aromatic heterocycles. The van der Waals surface area contributed by atoms with E-state index in [1.807, 2.05) is 0 Å². The zero-order valence-electron chi connectivity index (χ0n) is 7.55. The highest BCUT2D eigenvalue weighted by molar-refractivity contribution is 7.16. The van der Waals surface area contributed by atoms with Crippen molar-refractivity contribution >= 4 is 8.69 Å². The Balaban J connectivity index is 0.000000424. The van der Waals surface area contributed by atoms with Gasteiger partial charge in [0.15, 0.2) is 0 Å². The molecule has 0 amide bonds. The van der Waals surface area contributed by atoms with Crippen LogP contribution >= 0.6 is 8.69 Å². The molecule has 1 heterocycles. The van der Waals surface area contributed by atoms with Gasteiger partial charge in [-0.3, -0.25) is 0 Å². The van der Waals surface area contributed by atoms with E-state index in [1.165, 1.54) is 25.7 Å². The van der Waals surface area contributed by atoms with E-state index in [9.17, 15) is 0 Å². The molecule has 0 aromatic carbocycles. The van der Waals surface area contributed by atoms with Gasteiger partial charge in [-0.15, -0.1) is 0 Å². The van der Waals surface area contributed by atoms with E-state index in [0.717, 1.165) is 13.1 Å². The van der Waals surface area contributed by atoms with Gasteiger partial charge < -0.3 is 4.89 Å². The summed E-state index contributed by atoms with van der Waals surface area (Å²) in [6, 6.07) is 0. The summed E-state index contributed by atoms with van der Waals surface area (Å²) in [5.41, 5.74) is 11.8. The summed E-state index contributed by atoms with van der Waals surface area (Å²) in [4.78, 5) is 6.99. The lowest BCUT2D eigenvalue weighted by Gasteiger charge is -2.11. The Morgan fingerprint density at radius 3 is 1.69 bits per heavy atom. The molecule has 1 rings (SSSR count). The number of rotatable bonds is 0. The third-order valence-corrected chi connectivity index (χ3v) is 1.59. The Morgan fingerprint density at radius 2 is 1.31 bits per heavy atom. The molecule has 0 radical (unpaired) electrons. The zero-order valence-corrected chi connectivity index (χ0v) is 8.44. The highest BCUT2D eigenvalue weighted by Gasteiger charge is 1.92. The lowest BCUT2D eigenvalue weighted by atomic mass is 10.2. The van der Waals surface area contributed by atoms with Gasteiger partial charge in [0.25, 0.3) is 0 Å². The summed E-state index contributed by atoms with van der Waals surface area (Å²) in [6.45, 7) is 2.07. The second kappa shape index (κ2) is 11.9. The van der Waals surface area contributed by atoms with Crippen LogP contribution in [0.25, 0.3) is 0 Å². The van der Waals surface area contributed by atoms with Gasteiger partial charge in [-0.1, -0.05) is 12.8 Å². The molecule has 0 saturated carbocycles. The fourth-order valence-corrected chi connectivity index (χ4v) is 0.994. The van der Waals surface area contributed by atoms with Crippen LogP contribution in [-0.4, -0.2) is 18.0 Å². The summed E-state index contributed by atoms with van der Waals surface area (Å²) in [6.07, 6.45) is 5.18. The second-order valence-corrected chi connectivity index (χ2v) is 2.76. The molecule has 7 heteroatoms. The van der Waals surface area contributed by atoms with Crippen molar-refractivity contribution in [2.45, 2.75) is 25.7 Å². The molecule has 1 aliphatic heterocycles. The van der Waals surface area contributed by atoms with Crippen molar-refractivity contribution in [1.82, 2.24) is 21.9 Å². The monoisotopic (exact) mass is 208 g/mol. The first-order chi connectivity index (χ1) is 6.41. The minimum absolute atomic E-state index is 0.833. The van der Waals surface area contributed by atoms with Gasteiger partial charge in [-0.2, -0.15) is 11.1 Å². The Hall–Kier alpha value is -0.100. The van der Waals surface area contributed by atoms with E-state index in [0.29, 0.717) is 0 Å². The number of nitrogens with one attached hydrogen (secondary N) is 4. The Bertz CT molecular complexity index is 83.6. The predicted octanol–water partition coefficient (Wildman–Crippen LogP) is -0.151. The minimum Gasteiger partial charge on any atom is -0.310 e. The van der Waals surface area contributed by atoms with Crippen LogP contribution in [0.15, 0.2) is 0 Å².